The number of aromatic nitrogens is 2. The molecule has 0 aliphatic carbocycles. The van der Waals surface area contributed by atoms with E-state index in [-0.39, 0.29) is 11.6 Å². The van der Waals surface area contributed by atoms with Gasteiger partial charge in [-0.25, -0.2) is 4.68 Å². The van der Waals surface area contributed by atoms with Gasteiger partial charge in [-0.2, -0.15) is 5.10 Å². The van der Waals surface area contributed by atoms with Gasteiger partial charge in [0.2, 0.25) is 0 Å². The van der Waals surface area contributed by atoms with Crippen molar-refractivity contribution in [1.29, 1.82) is 0 Å². The van der Waals surface area contributed by atoms with Gasteiger partial charge in [-0.05, 0) is 56.1 Å². The van der Waals surface area contributed by atoms with Crippen LogP contribution in [0.5, 0.6) is 5.75 Å². The summed E-state index contributed by atoms with van der Waals surface area (Å²) in [4.78, 5) is 13.1. The van der Waals surface area contributed by atoms with E-state index in [4.69, 9.17) is 9.84 Å². The molecule has 0 saturated carbocycles. The molecule has 5 nitrogen and oxygen atoms in total. The van der Waals surface area contributed by atoms with Gasteiger partial charge in [0.1, 0.15) is 5.75 Å². The average Bonchev–Trinajstić information content (AvgIpc) is 3.00. The SMILES string of the molecule is COc1ccc(Cc2nn(C3CCCNCC3)c(=O)c3ccccc23)cc1. The Morgan fingerprint density at radius 3 is 2.63 bits per heavy atom. The average molecular weight is 363 g/mol. The van der Waals surface area contributed by atoms with Gasteiger partial charge in [0.05, 0.1) is 24.2 Å². The summed E-state index contributed by atoms with van der Waals surface area (Å²) < 4.78 is 6.99. The lowest BCUT2D eigenvalue weighted by atomic mass is 10.0. The minimum Gasteiger partial charge on any atom is -0.497 e. The van der Waals surface area contributed by atoms with Gasteiger partial charge in [-0.3, -0.25) is 4.79 Å². The summed E-state index contributed by atoms with van der Waals surface area (Å²) in [5, 5.41) is 9.97. The van der Waals surface area contributed by atoms with E-state index in [0.717, 1.165) is 60.1 Å². The summed E-state index contributed by atoms with van der Waals surface area (Å²) in [6, 6.07) is 16.0. The highest BCUT2D eigenvalue weighted by molar-refractivity contribution is 5.83. The monoisotopic (exact) mass is 363 g/mol. The smallest absolute Gasteiger partial charge is 0.274 e. The van der Waals surface area contributed by atoms with E-state index in [0.29, 0.717) is 6.42 Å². The van der Waals surface area contributed by atoms with Gasteiger partial charge < -0.3 is 10.1 Å². The van der Waals surface area contributed by atoms with Crippen LogP contribution < -0.4 is 15.6 Å². The normalized spacial score (nSPS) is 17.6. The quantitative estimate of drug-likeness (QED) is 0.773. The molecule has 1 N–H and O–H groups in total. The van der Waals surface area contributed by atoms with Crippen molar-refractivity contribution in [3.05, 3.63) is 70.1 Å². The van der Waals surface area contributed by atoms with Crippen molar-refractivity contribution in [3.63, 3.8) is 0 Å². The molecule has 2 heterocycles. The van der Waals surface area contributed by atoms with Crippen molar-refractivity contribution in [3.8, 4) is 5.75 Å². The molecule has 1 aliphatic rings. The van der Waals surface area contributed by atoms with Gasteiger partial charge in [0, 0.05) is 11.8 Å². The highest BCUT2D eigenvalue weighted by Gasteiger charge is 2.19. The van der Waals surface area contributed by atoms with Crippen LogP contribution >= 0.6 is 0 Å². The zero-order valence-electron chi connectivity index (χ0n) is 15.6. The van der Waals surface area contributed by atoms with Crippen molar-refractivity contribution >= 4 is 10.8 Å². The minimum absolute atomic E-state index is 0.0241. The Kier molecular flexibility index (Phi) is 5.21. The molecule has 1 atom stereocenters. The maximum Gasteiger partial charge on any atom is 0.274 e. The Labute approximate surface area is 159 Å². The molecule has 1 fully saturated rings. The highest BCUT2D eigenvalue weighted by atomic mass is 16.5. The summed E-state index contributed by atoms with van der Waals surface area (Å²) >= 11 is 0. The highest BCUT2D eigenvalue weighted by Crippen LogP contribution is 2.22. The molecule has 5 heteroatoms. The van der Waals surface area contributed by atoms with Crippen molar-refractivity contribution in [2.45, 2.75) is 31.7 Å². The fraction of sp³-hybridized carbons (Fsp3) is 0.364. The van der Waals surface area contributed by atoms with Crippen molar-refractivity contribution < 1.29 is 4.74 Å². The van der Waals surface area contributed by atoms with E-state index in [9.17, 15) is 4.79 Å². The molecule has 1 aromatic heterocycles. The number of rotatable bonds is 4. The number of nitrogens with zero attached hydrogens (tertiary/aromatic N) is 2. The first-order valence-electron chi connectivity index (χ1n) is 9.60. The van der Waals surface area contributed by atoms with Crippen LogP contribution in [0.3, 0.4) is 0 Å². The second-order valence-corrected chi connectivity index (χ2v) is 7.10. The van der Waals surface area contributed by atoms with Crippen LogP contribution in [-0.4, -0.2) is 30.0 Å². The molecule has 1 unspecified atom stereocenters. The Morgan fingerprint density at radius 2 is 1.85 bits per heavy atom. The Bertz CT molecular complexity index is 971. The molecule has 0 bridgehead atoms. The molecule has 140 valence electrons. The largest absolute Gasteiger partial charge is 0.497 e. The van der Waals surface area contributed by atoms with Crippen LogP contribution in [-0.2, 0) is 6.42 Å². The molecule has 3 aromatic rings. The molecule has 0 amide bonds. The molecule has 0 radical (unpaired) electrons. The topological polar surface area (TPSA) is 56.1 Å². The Morgan fingerprint density at radius 1 is 1.07 bits per heavy atom. The summed E-state index contributed by atoms with van der Waals surface area (Å²) in [6.45, 7) is 1.94. The predicted octanol–water partition coefficient (Wildman–Crippen LogP) is 3.31. The number of hydrogen-bond donors (Lipinski definition) is 1. The molecular formula is C22H25N3O2. The van der Waals surface area contributed by atoms with Crippen LogP contribution in [0, 0.1) is 0 Å². The van der Waals surface area contributed by atoms with Crippen LogP contribution in [0.15, 0.2) is 53.3 Å². The lowest BCUT2D eigenvalue weighted by molar-refractivity contribution is 0.395. The van der Waals surface area contributed by atoms with Gasteiger partial charge in [-0.15, -0.1) is 0 Å². The number of methoxy groups -OCH3 is 1. The van der Waals surface area contributed by atoms with Crippen molar-refractivity contribution in [2.24, 2.45) is 0 Å². The summed E-state index contributed by atoms with van der Waals surface area (Å²) in [6.07, 6.45) is 3.68. The number of hydrogen-bond acceptors (Lipinski definition) is 4. The van der Waals surface area contributed by atoms with Gasteiger partial charge in [0.15, 0.2) is 0 Å². The lowest BCUT2D eigenvalue weighted by Gasteiger charge is -2.18. The predicted molar refractivity (Wildman–Crippen MR) is 108 cm³/mol. The van der Waals surface area contributed by atoms with E-state index < -0.39 is 0 Å². The van der Waals surface area contributed by atoms with E-state index in [1.807, 2.05) is 36.4 Å². The molecule has 27 heavy (non-hydrogen) atoms. The first-order valence-corrected chi connectivity index (χ1v) is 9.60. The molecule has 1 aliphatic heterocycles. The molecule has 0 spiro atoms. The standard InChI is InChI=1S/C22H25N3O2/c1-27-18-10-8-16(9-11-18)15-21-19-6-2-3-7-20(19)22(26)25(24-21)17-5-4-13-23-14-12-17/h2-3,6-11,17,23H,4-5,12-15H2,1H3. The number of fused-ring (bicyclic) bond motifs is 1. The second kappa shape index (κ2) is 7.92. The fourth-order valence-corrected chi connectivity index (χ4v) is 3.83. The second-order valence-electron chi connectivity index (χ2n) is 7.10. The van der Waals surface area contributed by atoms with Crippen LogP contribution in [0.25, 0.3) is 10.8 Å². The first-order chi connectivity index (χ1) is 13.3. The van der Waals surface area contributed by atoms with E-state index in [1.54, 1.807) is 11.8 Å². The van der Waals surface area contributed by atoms with Crippen LogP contribution in [0.1, 0.15) is 36.6 Å². The van der Waals surface area contributed by atoms with Crippen LogP contribution in [0.2, 0.25) is 0 Å². The zero-order valence-corrected chi connectivity index (χ0v) is 15.6. The Balaban J connectivity index is 1.78. The van der Waals surface area contributed by atoms with Crippen molar-refractivity contribution in [2.75, 3.05) is 20.2 Å². The van der Waals surface area contributed by atoms with E-state index in [1.165, 1.54) is 0 Å². The summed E-state index contributed by atoms with van der Waals surface area (Å²) in [5.41, 5.74) is 2.13. The third-order valence-corrected chi connectivity index (χ3v) is 5.33. The fourth-order valence-electron chi connectivity index (χ4n) is 3.83. The molecule has 2 aromatic carbocycles. The number of ether oxygens (including phenoxy) is 1. The van der Waals surface area contributed by atoms with Gasteiger partial charge >= 0.3 is 0 Å². The Hall–Kier alpha value is -2.66. The van der Waals surface area contributed by atoms with Gasteiger partial charge in [0.25, 0.3) is 5.56 Å². The third kappa shape index (κ3) is 3.74. The minimum atomic E-state index is 0.0241. The van der Waals surface area contributed by atoms with Crippen LogP contribution in [0.4, 0.5) is 0 Å². The number of nitrogens with one attached hydrogen (secondary N) is 1. The maximum absolute atomic E-state index is 13.1. The number of benzene rings is 2. The lowest BCUT2D eigenvalue weighted by Crippen LogP contribution is -2.29. The maximum atomic E-state index is 13.1. The molecule has 4 rings (SSSR count). The molecule has 1 saturated heterocycles. The molecular weight excluding hydrogens is 338 g/mol. The van der Waals surface area contributed by atoms with Gasteiger partial charge in [-0.1, -0.05) is 30.3 Å². The zero-order chi connectivity index (χ0) is 18.6. The van der Waals surface area contributed by atoms with E-state index >= 15 is 0 Å². The van der Waals surface area contributed by atoms with Crippen molar-refractivity contribution in [1.82, 2.24) is 15.1 Å². The van der Waals surface area contributed by atoms with E-state index in [2.05, 4.69) is 17.4 Å². The summed E-state index contributed by atoms with van der Waals surface area (Å²) in [7, 11) is 1.67. The third-order valence-electron chi connectivity index (χ3n) is 5.33. The summed E-state index contributed by atoms with van der Waals surface area (Å²) in [5.74, 6) is 0.840. The first kappa shape index (κ1) is 17.7.